The highest BCUT2D eigenvalue weighted by Crippen LogP contribution is 2.32. The highest BCUT2D eigenvalue weighted by atomic mass is 35.5. The first-order valence-corrected chi connectivity index (χ1v) is 8.79. The van der Waals surface area contributed by atoms with Gasteiger partial charge in [0.25, 0.3) is 0 Å². The van der Waals surface area contributed by atoms with Gasteiger partial charge < -0.3 is 10.5 Å². The summed E-state index contributed by atoms with van der Waals surface area (Å²) in [6, 6.07) is 1.69. The molecule has 7 heteroatoms. The van der Waals surface area contributed by atoms with Crippen LogP contribution in [0, 0.1) is 5.82 Å². The standard InChI is InChI=1S/C17H23ClFN3O2/c1-2-24-17(23)12-8-14(19)13(15(18)16(12)20)10-21-6-7-22-5-3-4-11(22)9-21/h8,11H,2-7,9-10,20H2,1H3/t11-/m1/s1. The zero-order valence-corrected chi connectivity index (χ0v) is 14.6. The van der Waals surface area contributed by atoms with Crippen LogP contribution < -0.4 is 5.73 Å². The first-order chi connectivity index (χ1) is 11.5. The van der Waals surface area contributed by atoms with Crippen molar-refractivity contribution < 1.29 is 13.9 Å². The van der Waals surface area contributed by atoms with Gasteiger partial charge in [0.15, 0.2) is 0 Å². The summed E-state index contributed by atoms with van der Waals surface area (Å²) in [6.07, 6.45) is 2.42. The van der Waals surface area contributed by atoms with Crippen molar-refractivity contribution in [3.05, 3.63) is 28.0 Å². The van der Waals surface area contributed by atoms with Gasteiger partial charge in [0.2, 0.25) is 0 Å². The van der Waals surface area contributed by atoms with Gasteiger partial charge in [-0.2, -0.15) is 0 Å². The molecule has 0 saturated carbocycles. The molecule has 0 amide bonds. The minimum absolute atomic E-state index is 0.0105. The monoisotopic (exact) mass is 355 g/mol. The molecule has 3 rings (SSSR count). The van der Waals surface area contributed by atoms with E-state index in [2.05, 4.69) is 9.80 Å². The van der Waals surface area contributed by atoms with Crippen molar-refractivity contribution >= 4 is 23.3 Å². The van der Waals surface area contributed by atoms with Crippen LogP contribution in [0.4, 0.5) is 10.1 Å². The zero-order chi connectivity index (χ0) is 17.3. The summed E-state index contributed by atoms with van der Waals surface area (Å²) in [5, 5.41) is 0.118. The summed E-state index contributed by atoms with van der Waals surface area (Å²) in [7, 11) is 0. The molecule has 0 aromatic heterocycles. The van der Waals surface area contributed by atoms with Crippen LogP contribution in [0.2, 0.25) is 5.02 Å². The quantitative estimate of drug-likeness (QED) is 0.664. The molecule has 2 saturated heterocycles. The summed E-state index contributed by atoms with van der Waals surface area (Å²) < 4.78 is 19.4. The Morgan fingerprint density at radius 1 is 1.46 bits per heavy atom. The largest absolute Gasteiger partial charge is 0.462 e. The van der Waals surface area contributed by atoms with Gasteiger partial charge in [0.05, 0.1) is 22.9 Å². The average Bonchev–Trinajstić information content (AvgIpc) is 3.02. The molecule has 24 heavy (non-hydrogen) atoms. The number of ether oxygens (including phenoxy) is 1. The number of anilines is 1. The van der Waals surface area contributed by atoms with E-state index in [1.807, 2.05) is 0 Å². The normalized spacial score (nSPS) is 21.7. The molecule has 2 N–H and O–H groups in total. The van der Waals surface area contributed by atoms with Crippen molar-refractivity contribution in [2.24, 2.45) is 0 Å². The molecule has 132 valence electrons. The van der Waals surface area contributed by atoms with Gasteiger partial charge in [-0.05, 0) is 32.4 Å². The lowest BCUT2D eigenvalue weighted by atomic mass is 10.1. The lowest BCUT2D eigenvalue weighted by Crippen LogP contribution is -2.49. The molecule has 0 unspecified atom stereocenters. The second-order valence-corrected chi connectivity index (χ2v) is 6.78. The van der Waals surface area contributed by atoms with E-state index >= 15 is 0 Å². The van der Waals surface area contributed by atoms with E-state index < -0.39 is 11.8 Å². The molecule has 1 aromatic carbocycles. The highest BCUT2D eigenvalue weighted by Gasteiger charge is 2.31. The molecule has 2 aliphatic rings. The summed E-state index contributed by atoms with van der Waals surface area (Å²) >= 11 is 6.27. The van der Waals surface area contributed by atoms with E-state index in [-0.39, 0.29) is 22.9 Å². The minimum Gasteiger partial charge on any atom is -0.462 e. The summed E-state index contributed by atoms with van der Waals surface area (Å²) in [4.78, 5) is 16.6. The van der Waals surface area contributed by atoms with Crippen molar-refractivity contribution in [3.8, 4) is 0 Å². The SMILES string of the molecule is CCOC(=O)c1cc(F)c(CN2CCN3CCC[C@@H]3C2)c(Cl)c1N. The number of nitrogen functional groups attached to an aromatic ring is 1. The first-order valence-electron chi connectivity index (χ1n) is 8.41. The number of nitrogens with two attached hydrogens (primary N) is 1. The van der Waals surface area contributed by atoms with Crippen LogP contribution in [0.15, 0.2) is 6.07 Å². The maximum Gasteiger partial charge on any atom is 0.340 e. The Morgan fingerprint density at radius 3 is 3.00 bits per heavy atom. The number of carbonyl (C=O) groups excluding carboxylic acids is 1. The second kappa shape index (κ2) is 7.25. The maximum absolute atomic E-state index is 14.5. The molecule has 1 aromatic rings. The van der Waals surface area contributed by atoms with Crippen LogP contribution >= 0.6 is 11.6 Å². The van der Waals surface area contributed by atoms with Gasteiger partial charge in [0.1, 0.15) is 5.82 Å². The number of nitrogens with zero attached hydrogens (tertiary/aromatic N) is 2. The number of esters is 1. The number of piperazine rings is 1. The number of benzene rings is 1. The Hall–Kier alpha value is -1.37. The van der Waals surface area contributed by atoms with E-state index in [0.29, 0.717) is 18.2 Å². The lowest BCUT2D eigenvalue weighted by molar-refractivity contribution is 0.0527. The van der Waals surface area contributed by atoms with Gasteiger partial charge >= 0.3 is 5.97 Å². The molecular weight excluding hydrogens is 333 g/mol. The molecule has 0 radical (unpaired) electrons. The predicted molar refractivity (Wildman–Crippen MR) is 91.7 cm³/mol. The van der Waals surface area contributed by atoms with Crippen LogP contribution in [0.5, 0.6) is 0 Å². The Balaban J connectivity index is 1.78. The van der Waals surface area contributed by atoms with Crippen LogP contribution in [-0.4, -0.2) is 54.6 Å². The zero-order valence-electron chi connectivity index (χ0n) is 13.9. The fraction of sp³-hybridized carbons (Fsp3) is 0.588. The summed E-state index contributed by atoms with van der Waals surface area (Å²) in [5.74, 6) is -1.16. The van der Waals surface area contributed by atoms with Gasteiger partial charge in [-0.25, -0.2) is 9.18 Å². The van der Waals surface area contributed by atoms with Gasteiger partial charge in [0, 0.05) is 37.8 Å². The van der Waals surface area contributed by atoms with Crippen LogP contribution in [0.3, 0.4) is 0 Å². The molecule has 0 aliphatic carbocycles. The van der Waals surface area contributed by atoms with Gasteiger partial charge in [-0.3, -0.25) is 9.80 Å². The minimum atomic E-state index is -0.651. The maximum atomic E-state index is 14.5. The van der Waals surface area contributed by atoms with Crippen LogP contribution in [0.25, 0.3) is 0 Å². The molecular formula is C17H23ClFN3O2. The van der Waals surface area contributed by atoms with Crippen molar-refractivity contribution in [2.75, 3.05) is 38.5 Å². The molecule has 2 fully saturated rings. The fourth-order valence-corrected chi connectivity index (χ4v) is 3.87. The third-order valence-electron chi connectivity index (χ3n) is 4.90. The van der Waals surface area contributed by atoms with Crippen molar-refractivity contribution in [1.82, 2.24) is 9.80 Å². The third kappa shape index (κ3) is 3.36. The average molecular weight is 356 g/mol. The topological polar surface area (TPSA) is 58.8 Å². The number of hydrogen-bond acceptors (Lipinski definition) is 5. The van der Waals surface area contributed by atoms with Crippen molar-refractivity contribution in [3.63, 3.8) is 0 Å². The van der Waals surface area contributed by atoms with Crippen LogP contribution in [-0.2, 0) is 11.3 Å². The summed E-state index contributed by atoms with van der Waals surface area (Å²) in [5.41, 5.74) is 6.38. The first kappa shape index (κ1) is 17.5. The van der Waals surface area contributed by atoms with Gasteiger partial charge in [-0.1, -0.05) is 11.6 Å². The van der Waals surface area contributed by atoms with E-state index in [4.69, 9.17) is 22.1 Å². The molecule has 0 spiro atoms. The fourth-order valence-electron chi connectivity index (χ4n) is 3.62. The molecule has 0 bridgehead atoms. The van der Waals surface area contributed by atoms with E-state index in [1.165, 1.54) is 12.8 Å². The van der Waals surface area contributed by atoms with Crippen molar-refractivity contribution in [1.29, 1.82) is 0 Å². The number of rotatable bonds is 4. The van der Waals surface area contributed by atoms with E-state index in [0.717, 1.165) is 32.2 Å². The number of fused-ring (bicyclic) bond motifs is 1. The molecule has 2 aliphatic heterocycles. The van der Waals surface area contributed by atoms with E-state index in [1.54, 1.807) is 6.92 Å². The molecule has 5 nitrogen and oxygen atoms in total. The van der Waals surface area contributed by atoms with Crippen molar-refractivity contribution in [2.45, 2.75) is 32.4 Å². The predicted octanol–water partition coefficient (Wildman–Crippen LogP) is 2.52. The van der Waals surface area contributed by atoms with E-state index in [9.17, 15) is 9.18 Å². The smallest absolute Gasteiger partial charge is 0.340 e. The summed E-state index contributed by atoms with van der Waals surface area (Å²) in [6.45, 7) is 6.24. The highest BCUT2D eigenvalue weighted by molar-refractivity contribution is 6.34. The van der Waals surface area contributed by atoms with Gasteiger partial charge in [-0.15, -0.1) is 0 Å². The third-order valence-corrected chi connectivity index (χ3v) is 5.33. The Morgan fingerprint density at radius 2 is 2.25 bits per heavy atom. The molecule has 2 heterocycles. The number of halogens is 2. The lowest BCUT2D eigenvalue weighted by Gasteiger charge is -2.37. The Kier molecular flexibility index (Phi) is 5.27. The molecule has 1 atom stereocenters. The Bertz CT molecular complexity index is 641. The second-order valence-electron chi connectivity index (χ2n) is 6.40. The number of hydrogen-bond donors (Lipinski definition) is 1. The van der Waals surface area contributed by atoms with Crippen LogP contribution in [0.1, 0.15) is 35.7 Å². The number of carbonyl (C=O) groups is 1. The Labute approximate surface area is 146 Å².